The molecule has 4 nitrogen and oxygen atoms in total. The van der Waals surface area contributed by atoms with Crippen LogP contribution in [-0.4, -0.2) is 37.9 Å². The molecule has 0 aliphatic heterocycles. The van der Waals surface area contributed by atoms with Gasteiger partial charge in [-0.2, -0.15) is 12.6 Å². The van der Waals surface area contributed by atoms with Crippen molar-refractivity contribution in [3.05, 3.63) is 0 Å². The zero-order valence-electron chi connectivity index (χ0n) is 14.0. The van der Waals surface area contributed by atoms with Crippen LogP contribution in [0.15, 0.2) is 0 Å². The van der Waals surface area contributed by atoms with Crippen molar-refractivity contribution in [3.63, 3.8) is 0 Å². The molecule has 0 unspecified atom stereocenters. The monoisotopic (exact) mass is 332 g/mol. The van der Waals surface area contributed by atoms with Crippen LogP contribution >= 0.6 is 12.6 Å². The minimum Gasteiger partial charge on any atom is -0.357 e. The number of rotatable bonds is 11. The molecule has 2 amide bonds. The molecule has 21 heavy (non-hydrogen) atoms. The van der Waals surface area contributed by atoms with Gasteiger partial charge in [-0.05, 0) is 0 Å². The fourth-order valence-corrected chi connectivity index (χ4v) is 4.48. The summed E-state index contributed by atoms with van der Waals surface area (Å²) in [5.74, 6) is 0.00752. The standard InChI is InChI=1S/C15H32N2O2SSi/c1-5-6-7-8-9-10-21(3,4)12-16-15(19)14(11-20)17-13(2)18/h14,20H,5-12H2,1-4H3,(H,16,19)(H,17,18)/t14-/m0/s1. The van der Waals surface area contributed by atoms with Gasteiger partial charge in [0.2, 0.25) is 11.8 Å². The number of hydrogen-bond acceptors (Lipinski definition) is 3. The van der Waals surface area contributed by atoms with Gasteiger partial charge in [-0.3, -0.25) is 9.59 Å². The third-order valence-corrected chi connectivity index (χ3v) is 6.78. The van der Waals surface area contributed by atoms with Crippen molar-refractivity contribution in [2.24, 2.45) is 0 Å². The average molecular weight is 333 g/mol. The zero-order valence-corrected chi connectivity index (χ0v) is 15.9. The second kappa shape index (κ2) is 11.1. The maximum absolute atomic E-state index is 12.0. The van der Waals surface area contributed by atoms with Crippen LogP contribution in [0.3, 0.4) is 0 Å². The minimum atomic E-state index is -1.39. The molecular weight excluding hydrogens is 300 g/mol. The molecule has 0 aromatic rings. The first-order valence-corrected chi connectivity index (χ1v) is 12.0. The molecule has 0 heterocycles. The third-order valence-electron chi connectivity index (χ3n) is 3.57. The van der Waals surface area contributed by atoms with Crippen LogP contribution in [0.4, 0.5) is 0 Å². The number of unbranched alkanes of at least 4 members (excludes halogenated alkanes) is 4. The van der Waals surface area contributed by atoms with E-state index >= 15 is 0 Å². The summed E-state index contributed by atoms with van der Waals surface area (Å²) >= 11 is 4.12. The molecule has 0 aromatic heterocycles. The smallest absolute Gasteiger partial charge is 0.243 e. The van der Waals surface area contributed by atoms with E-state index < -0.39 is 14.1 Å². The molecular formula is C15H32N2O2SSi. The fraction of sp³-hybridized carbons (Fsp3) is 0.867. The molecule has 0 aliphatic rings. The van der Waals surface area contributed by atoms with Crippen LogP contribution in [-0.2, 0) is 9.59 Å². The van der Waals surface area contributed by atoms with Gasteiger partial charge in [0.05, 0.1) is 8.07 Å². The van der Waals surface area contributed by atoms with Gasteiger partial charge in [-0.1, -0.05) is 58.2 Å². The number of thiol groups is 1. The van der Waals surface area contributed by atoms with Crippen molar-refractivity contribution >= 4 is 32.5 Å². The lowest BCUT2D eigenvalue weighted by molar-refractivity contribution is -0.127. The Kier molecular flexibility index (Phi) is 10.9. The molecule has 0 spiro atoms. The van der Waals surface area contributed by atoms with Crippen molar-refractivity contribution in [1.82, 2.24) is 10.6 Å². The molecule has 124 valence electrons. The first-order chi connectivity index (χ1) is 9.82. The Morgan fingerprint density at radius 2 is 1.76 bits per heavy atom. The van der Waals surface area contributed by atoms with E-state index in [2.05, 4.69) is 43.3 Å². The fourth-order valence-electron chi connectivity index (χ4n) is 2.18. The zero-order chi connectivity index (χ0) is 16.3. The van der Waals surface area contributed by atoms with Gasteiger partial charge in [-0.15, -0.1) is 0 Å². The summed E-state index contributed by atoms with van der Waals surface area (Å²) in [7, 11) is -1.39. The summed E-state index contributed by atoms with van der Waals surface area (Å²) in [6.07, 6.45) is 7.23. The number of carbonyl (C=O) groups excluding carboxylic acids is 2. The van der Waals surface area contributed by atoms with Gasteiger partial charge in [0.25, 0.3) is 0 Å². The number of amides is 2. The normalized spacial score (nSPS) is 12.8. The minimum absolute atomic E-state index is 0.119. The molecule has 2 N–H and O–H groups in total. The molecule has 0 rings (SSSR count). The number of hydrogen-bond donors (Lipinski definition) is 3. The second-order valence-corrected chi connectivity index (χ2v) is 12.0. The largest absolute Gasteiger partial charge is 0.357 e. The Labute approximate surface area is 136 Å². The summed E-state index contributed by atoms with van der Waals surface area (Å²) in [6.45, 7) is 8.25. The summed E-state index contributed by atoms with van der Waals surface area (Å²) in [6, 6.07) is 0.711. The molecule has 0 saturated carbocycles. The molecule has 0 fully saturated rings. The van der Waals surface area contributed by atoms with Crippen LogP contribution in [0.1, 0.15) is 46.0 Å². The Hall–Kier alpha value is -0.493. The lowest BCUT2D eigenvalue weighted by Gasteiger charge is -2.24. The summed E-state index contributed by atoms with van der Waals surface area (Å²) in [4.78, 5) is 23.0. The molecule has 6 heteroatoms. The lowest BCUT2D eigenvalue weighted by Crippen LogP contribution is -2.51. The van der Waals surface area contributed by atoms with Crippen LogP contribution in [0, 0.1) is 0 Å². The highest BCUT2D eigenvalue weighted by Gasteiger charge is 2.24. The second-order valence-electron chi connectivity index (χ2n) is 6.48. The van der Waals surface area contributed by atoms with Crippen molar-refractivity contribution < 1.29 is 9.59 Å². The molecule has 1 atom stereocenters. The first kappa shape index (κ1) is 20.5. The van der Waals surface area contributed by atoms with Crippen molar-refractivity contribution in [3.8, 4) is 0 Å². The van der Waals surface area contributed by atoms with Crippen LogP contribution in [0.2, 0.25) is 19.1 Å². The predicted octanol–water partition coefficient (Wildman–Crippen LogP) is 2.76. The number of nitrogens with one attached hydrogen (secondary N) is 2. The van der Waals surface area contributed by atoms with E-state index in [4.69, 9.17) is 0 Å². The highest BCUT2D eigenvalue weighted by Crippen LogP contribution is 2.15. The number of carbonyl (C=O) groups is 2. The molecule has 0 aliphatic carbocycles. The lowest BCUT2D eigenvalue weighted by atomic mass is 10.2. The summed E-state index contributed by atoms with van der Waals surface area (Å²) in [5, 5.41) is 5.61. The Morgan fingerprint density at radius 3 is 2.29 bits per heavy atom. The van der Waals surface area contributed by atoms with E-state index in [1.807, 2.05) is 0 Å². The Morgan fingerprint density at radius 1 is 1.14 bits per heavy atom. The van der Waals surface area contributed by atoms with Gasteiger partial charge in [-0.25, -0.2) is 0 Å². The van der Waals surface area contributed by atoms with E-state index in [1.54, 1.807) is 0 Å². The van der Waals surface area contributed by atoms with Crippen molar-refractivity contribution in [1.29, 1.82) is 0 Å². The van der Waals surface area contributed by atoms with Gasteiger partial charge < -0.3 is 10.6 Å². The van der Waals surface area contributed by atoms with E-state index in [-0.39, 0.29) is 11.8 Å². The Balaban J connectivity index is 4.04. The van der Waals surface area contributed by atoms with E-state index in [9.17, 15) is 9.59 Å². The van der Waals surface area contributed by atoms with Crippen LogP contribution in [0.25, 0.3) is 0 Å². The maximum atomic E-state index is 12.0. The van der Waals surface area contributed by atoms with E-state index in [0.717, 1.165) is 6.17 Å². The molecule has 0 radical (unpaired) electrons. The van der Waals surface area contributed by atoms with Gasteiger partial charge >= 0.3 is 0 Å². The van der Waals surface area contributed by atoms with Gasteiger partial charge in [0.1, 0.15) is 6.04 Å². The molecule has 0 aromatic carbocycles. The first-order valence-electron chi connectivity index (χ1n) is 7.98. The van der Waals surface area contributed by atoms with Crippen molar-refractivity contribution in [2.45, 2.75) is 71.1 Å². The molecule has 0 bridgehead atoms. The summed E-state index contributed by atoms with van der Waals surface area (Å²) < 4.78 is 0. The third kappa shape index (κ3) is 10.8. The van der Waals surface area contributed by atoms with Gasteiger partial charge in [0.15, 0.2) is 0 Å². The summed E-state index contributed by atoms with van der Waals surface area (Å²) in [5.41, 5.74) is 0. The highest BCUT2D eigenvalue weighted by molar-refractivity contribution is 7.80. The predicted molar refractivity (Wildman–Crippen MR) is 95.5 cm³/mol. The van der Waals surface area contributed by atoms with Gasteiger partial charge in [0, 0.05) is 18.8 Å². The Bertz CT molecular complexity index is 325. The topological polar surface area (TPSA) is 58.2 Å². The van der Waals surface area contributed by atoms with E-state index in [0.29, 0.717) is 5.75 Å². The van der Waals surface area contributed by atoms with Crippen molar-refractivity contribution in [2.75, 3.05) is 11.9 Å². The van der Waals surface area contributed by atoms with E-state index in [1.165, 1.54) is 45.1 Å². The average Bonchev–Trinajstić information content (AvgIpc) is 2.41. The van der Waals surface area contributed by atoms with Crippen LogP contribution in [0.5, 0.6) is 0 Å². The highest BCUT2D eigenvalue weighted by atomic mass is 32.1. The van der Waals surface area contributed by atoms with Crippen LogP contribution < -0.4 is 10.6 Å². The quantitative estimate of drug-likeness (QED) is 0.309. The molecule has 0 saturated heterocycles. The SMILES string of the molecule is CCCCCCC[Si](C)(C)CNC(=O)[C@H](CS)NC(C)=O. The maximum Gasteiger partial charge on any atom is 0.243 e.